The van der Waals surface area contributed by atoms with Gasteiger partial charge in [-0.25, -0.2) is 4.98 Å². The summed E-state index contributed by atoms with van der Waals surface area (Å²) in [5.41, 5.74) is 2.05. The molecule has 0 aliphatic carbocycles. The van der Waals surface area contributed by atoms with E-state index in [-0.39, 0.29) is 5.91 Å². The van der Waals surface area contributed by atoms with Gasteiger partial charge in [0.1, 0.15) is 5.82 Å². The molecular weight excluding hydrogens is 342 g/mol. The van der Waals surface area contributed by atoms with E-state index < -0.39 is 0 Å². The summed E-state index contributed by atoms with van der Waals surface area (Å²) in [7, 11) is 1.71. The van der Waals surface area contributed by atoms with Crippen LogP contribution in [-0.2, 0) is 0 Å². The number of nitrogens with zero attached hydrogens (tertiary/aromatic N) is 1. The summed E-state index contributed by atoms with van der Waals surface area (Å²) in [6.45, 7) is 1.94. The highest BCUT2D eigenvalue weighted by Gasteiger charge is 2.14. The van der Waals surface area contributed by atoms with Crippen LogP contribution in [0.4, 0.5) is 11.5 Å². The third kappa shape index (κ3) is 3.29. The van der Waals surface area contributed by atoms with Crippen molar-refractivity contribution >= 4 is 44.9 Å². The largest absolute Gasteiger partial charge is 0.372 e. The van der Waals surface area contributed by atoms with Gasteiger partial charge in [0.15, 0.2) is 0 Å². The molecule has 0 unspecified atom stereocenters. The van der Waals surface area contributed by atoms with Crippen LogP contribution in [0.25, 0.3) is 0 Å². The minimum Gasteiger partial charge on any atom is -0.372 e. The molecule has 104 valence electrons. The molecule has 0 spiro atoms. The van der Waals surface area contributed by atoms with Gasteiger partial charge in [0.25, 0.3) is 5.91 Å². The lowest BCUT2D eigenvalue weighted by Gasteiger charge is -2.11. The molecule has 0 bridgehead atoms. The van der Waals surface area contributed by atoms with Crippen molar-refractivity contribution in [3.63, 3.8) is 0 Å². The Morgan fingerprint density at radius 2 is 2.10 bits per heavy atom. The number of carbonyl (C=O) groups is 1. The summed E-state index contributed by atoms with van der Waals surface area (Å²) in [5, 5.41) is 6.18. The van der Waals surface area contributed by atoms with Crippen LogP contribution in [0.2, 0.25) is 5.02 Å². The molecule has 0 aliphatic rings. The zero-order chi connectivity index (χ0) is 14.7. The maximum atomic E-state index is 12.3. The van der Waals surface area contributed by atoms with Crippen LogP contribution >= 0.6 is 27.5 Å². The number of rotatable bonds is 3. The van der Waals surface area contributed by atoms with E-state index in [4.69, 9.17) is 11.6 Å². The van der Waals surface area contributed by atoms with Crippen molar-refractivity contribution < 1.29 is 4.79 Å². The van der Waals surface area contributed by atoms with Gasteiger partial charge in [-0.05, 0) is 46.6 Å². The number of aryl methyl sites for hydroxylation is 1. The predicted octanol–water partition coefficient (Wildman–Crippen LogP) is 4.10. The van der Waals surface area contributed by atoms with E-state index in [0.717, 1.165) is 10.0 Å². The average molecular weight is 355 g/mol. The van der Waals surface area contributed by atoms with E-state index in [1.165, 1.54) is 0 Å². The van der Waals surface area contributed by atoms with Gasteiger partial charge in [0.05, 0.1) is 16.3 Å². The van der Waals surface area contributed by atoms with Crippen molar-refractivity contribution in [2.75, 3.05) is 17.7 Å². The maximum Gasteiger partial charge on any atom is 0.259 e. The lowest BCUT2D eigenvalue weighted by Crippen LogP contribution is -2.15. The van der Waals surface area contributed by atoms with Crippen molar-refractivity contribution in [1.82, 2.24) is 4.98 Å². The molecule has 6 heteroatoms. The number of amides is 1. The van der Waals surface area contributed by atoms with Crippen LogP contribution in [0.5, 0.6) is 0 Å². The van der Waals surface area contributed by atoms with E-state index in [2.05, 4.69) is 31.5 Å². The van der Waals surface area contributed by atoms with Crippen LogP contribution in [0, 0.1) is 6.92 Å². The van der Waals surface area contributed by atoms with Gasteiger partial charge in [-0.3, -0.25) is 4.79 Å². The number of hydrogen-bond acceptors (Lipinski definition) is 3. The Balaban J connectivity index is 2.30. The van der Waals surface area contributed by atoms with Gasteiger partial charge in [-0.15, -0.1) is 0 Å². The van der Waals surface area contributed by atoms with Crippen LogP contribution in [0.15, 0.2) is 34.9 Å². The summed E-state index contributed by atoms with van der Waals surface area (Å²) in [4.78, 5) is 16.5. The molecule has 0 radical (unpaired) electrons. The first-order valence-electron chi connectivity index (χ1n) is 5.92. The fourth-order valence-corrected chi connectivity index (χ4v) is 2.34. The molecule has 20 heavy (non-hydrogen) atoms. The fraction of sp³-hybridized carbons (Fsp3) is 0.143. The van der Waals surface area contributed by atoms with Crippen LogP contribution in [0.1, 0.15) is 15.9 Å². The van der Waals surface area contributed by atoms with Gasteiger partial charge in [0.2, 0.25) is 0 Å². The molecule has 1 heterocycles. The number of hydrogen-bond donors (Lipinski definition) is 2. The zero-order valence-electron chi connectivity index (χ0n) is 11.0. The Morgan fingerprint density at radius 1 is 1.35 bits per heavy atom. The van der Waals surface area contributed by atoms with Gasteiger partial charge in [0, 0.05) is 17.7 Å². The molecule has 0 saturated heterocycles. The van der Waals surface area contributed by atoms with Crippen molar-refractivity contribution in [2.45, 2.75) is 6.92 Å². The first-order valence-corrected chi connectivity index (χ1v) is 7.09. The Kier molecular flexibility index (Phi) is 4.62. The number of carbonyl (C=O) groups excluding carboxylic acids is 1. The second-order valence-electron chi connectivity index (χ2n) is 4.24. The molecule has 0 atom stereocenters. The van der Waals surface area contributed by atoms with E-state index >= 15 is 0 Å². The molecule has 2 aromatic rings. The van der Waals surface area contributed by atoms with E-state index in [1.807, 2.05) is 13.0 Å². The lowest BCUT2D eigenvalue weighted by atomic mass is 10.2. The highest BCUT2D eigenvalue weighted by atomic mass is 79.9. The Bertz CT molecular complexity index is 661. The molecule has 4 nitrogen and oxygen atoms in total. The molecule has 0 fully saturated rings. The van der Waals surface area contributed by atoms with Crippen molar-refractivity contribution in [3.05, 3.63) is 51.1 Å². The molecule has 0 saturated carbocycles. The zero-order valence-corrected chi connectivity index (χ0v) is 13.3. The quantitative estimate of drug-likeness (QED) is 0.872. The normalized spacial score (nSPS) is 10.2. The molecule has 0 aliphatic heterocycles. The fourth-order valence-electron chi connectivity index (χ4n) is 1.72. The summed E-state index contributed by atoms with van der Waals surface area (Å²) in [6.07, 6.45) is 1.63. The number of anilines is 2. The molecule has 2 N–H and O–H groups in total. The second kappa shape index (κ2) is 6.24. The highest BCUT2D eigenvalue weighted by Crippen LogP contribution is 2.25. The van der Waals surface area contributed by atoms with Crippen LogP contribution in [0.3, 0.4) is 0 Å². The molecule has 1 amide bonds. The molecule has 2 rings (SSSR count). The monoisotopic (exact) mass is 353 g/mol. The first-order chi connectivity index (χ1) is 9.51. The van der Waals surface area contributed by atoms with Gasteiger partial charge < -0.3 is 10.6 Å². The SMILES string of the molecule is CNc1ncc(Br)cc1C(=O)Nc1ccc(C)cc1Cl. The number of nitrogens with one attached hydrogen (secondary N) is 2. The number of benzene rings is 1. The van der Waals surface area contributed by atoms with Crippen molar-refractivity contribution in [1.29, 1.82) is 0 Å². The van der Waals surface area contributed by atoms with Gasteiger partial charge in [-0.2, -0.15) is 0 Å². The number of aromatic nitrogens is 1. The second-order valence-corrected chi connectivity index (χ2v) is 5.56. The number of halogens is 2. The van der Waals surface area contributed by atoms with Crippen LogP contribution < -0.4 is 10.6 Å². The number of pyridine rings is 1. The average Bonchev–Trinajstić information content (AvgIpc) is 2.41. The molecular formula is C14H13BrClN3O. The Labute approximate surface area is 130 Å². The smallest absolute Gasteiger partial charge is 0.259 e. The maximum absolute atomic E-state index is 12.3. The Hall–Kier alpha value is -1.59. The van der Waals surface area contributed by atoms with Crippen molar-refractivity contribution in [2.24, 2.45) is 0 Å². The van der Waals surface area contributed by atoms with Gasteiger partial charge in [-0.1, -0.05) is 17.7 Å². The summed E-state index contributed by atoms with van der Waals surface area (Å²) in [5.74, 6) is 0.239. The topological polar surface area (TPSA) is 54.0 Å². The minimum absolute atomic E-state index is 0.270. The predicted molar refractivity (Wildman–Crippen MR) is 85.6 cm³/mol. The summed E-state index contributed by atoms with van der Waals surface area (Å²) < 4.78 is 0.733. The van der Waals surface area contributed by atoms with Crippen LogP contribution in [-0.4, -0.2) is 17.9 Å². The van der Waals surface area contributed by atoms with E-state index in [0.29, 0.717) is 22.1 Å². The standard InChI is InChI=1S/C14H13BrClN3O/c1-8-3-4-12(11(16)5-8)19-14(20)10-6-9(15)7-18-13(10)17-2/h3-7H,1-2H3,(H,17,18)(H,19,20). The third-order valence-electron chi connectivity index (χ3n) is 2.71. The Morgan fingerprint density at radius 3 is 2.75 bits per heavy atom. The summed E-state index contributed by atoms with van der Waals surface area (Å²) in [6, 6.07) is 7.17. The van der Waals surface area contributed by atoms with E-state index in [9.17, 15) is 4.79 Å². The van der Waals surface area contributed by atoms with E-state index in [1.54, 1.807) is 31.4 Å². The first kappa shape index (κ1) is 14.8. The third-order valence-corrected chi connectivity index (χ3v) is 3.45. The molecule has 1 aromatic carbocycles. The summed E-state index contributed by atoms with van der Waals surface area (Å²) >= 11 is 9.42. The minimum atomic E-state index is -0.270. The lowest BCUT2D eigenvalue weighted by molar-refractivity contribution is 0.102. The van der Waals surface area contributed by atoms with Crippen molar-refractivity contribution in [3.8, 4) is 0 Å². The highest BCUT2D eigenvalue weighted by molar-refractivity contribution is 9.10. The van der Waals surface area contributed by atoms with Gasteiger partial charge >= 0.3 is 0 Å². The molecule has 1 aromatic heterocycles.